The maximum Gasteiger partial charge on any atom is 0.191 e. The van der Waals surface area contributed by atoms with Crippen LogP contribution in [-0.2, 0) is 19.5 Å². The summed E-state index contributed by atoms with van der Waals surface area (Å²) in [7, 11) is 1.77. The number of guanidine groups is 1. The van der Waals surface area contributed by atoms with E-state index in [9.17, 15) is 0 Å². The van der Waals surface area contributed by atoms with Crippen LogP contribution in [0.25, 0.3) is 0 Å². The number of hydrogen-bond acceptors (Lipinski definition) is 3. The molecule has 0 saturated carbocycles. The smallest absolute Gasteiger partial charge is 0.191 e. The zero-order valence-corrected chi connectivity index (χ0v) is 12.6. The Morgan fingerprint density at radius 1 is 1.24 bits per heavy atom. The third-order valence-electron chi connectivity index (χ3n) is 3.18. The minimum atomic E-state index is 0.757. The molecule has 2 rings (SSSR count). The van der Waals surface area contributed by atoms with Crippen molar-refractivity contribution in [1.29, 1.82) is 0 Å². The Morgan fingerprint density at radius 2 is 2.05 bits per heavy atom. The first kappa shape index (κ1) is 15.0. The minimum absolute atomic E-state index is 0.757. The van der Waals surface area contributed by atoms with E-state index >= 15 is 0 Å². The highest BCUT2D eigenvalue weighted by Gasteiger charge is 2.02. The molecule has 0 aliphatic heterocycles. The van der Waals surface area contributed by atoms with E-state index in [-0.39, 0.29) is 0 Å². The summed E-state index contributed by atoms with van der Waals surface area (Å²) in [6.45, 7) is 4.43. The first-order chi connectivity index (χ1) is 10.3. The van der Waals surface area contributed by atoms with Crippen molar-refractivity contribution >= 4 is 5.96 Å². The topological polar surface area (TPSA) is 67.1 Å². The van der Waals surface area contributed by atoms with E-state index in [1.165, 1.54) is 5.56 Å². The Hall–Kier alpha value is -2.37. The molecule has 2 N–H and O–H groups in total. The van der Waals surface area contributed by atoms with Gasteiger partial charge in [0.1, 0.15) is 12.2 Å². The Bertz CT molecular complexity index is 561. The van der Waals surface area contributed by atoms with Crippen molar-refractivity contribution in [1.82, 2.24) is 25.4 Å². The molecule has 1 aromatic carbocycles. The molecule has 21 heavy (non-hydrogen) atoms. The van der Waals surface area contributed by atoms with Crippen LogP contribution in [-0.4, -0.2) is 34.3 Å². The van der Waals surface area contributed by atoms with Crippen molar-refractivity contribution in [3.63, 3.8) is 0 Å². The number of benzene rings is 1. The normalized spacial score (nSPS) is 11.4. The van der Waals surface area contributed by atoms with E-state index in [1.54, 1.807) is 13.4 Å². The van der Waals surface area contributed by atoms with Crippen LogP contribution in [0.5, 0.6) is 0 Å². The predicted octanol–water partition coefficient (Wildman–Crippen LogP) is 1.21. The molecule has 0 aliphatic rings. The van der Waals surface area contributed by atoms with Crippen molar-refractivity contribution in [2.45, 2.75) is 26.4 Å². The Morgan fingerprint density at radius 3 is 2.76 bits per heavy atom. The van der Waals surface area contributed by atoms with Crippen LogP contribution in [0.4, 0.5) is 0 Å². The number of nitrogens with one attached hydrogen (secondary N) is 2. The number of aryl methyl sites for hydroxylation is 1. The summed E-state index contributed by atoms with van der Waals surface area (Å²) < 4.78 is 2.05. The lowest BCUT2D eigenvalue weighted by molar-refractivity contribution is 0.632. The molecule has 0 saturated heterocycles. The molecule has 0 atom stereocenters. The summed E-state index contributed by atoms with van der Waals surface area (Å²) in [5.74, 6) is 1.80. The Labute approximate surface area is 125 Å². The van der Waals surface area contributed by atoms with Crippen LogP contribution in [0.1, 0.15) is 18.3 Å². The molecule has 0 spiro atoms. The predicted molar refractivity (Wildman–Crippen MR) is 84.0 cm³/mol. The van der Waals surface area contributed by atoms with Gasteiger partial charge in [-0.05, 0) is 5.56 Å². The molecule has 6 heteroatoms. The van der Waals surface area contributed by atoms with Crippen molar-refractivity contribution in [2.24, 2.45) is 4.99 Å². The maximum absolute atomic E-state index is 4.22. The van der Waals surface area contributed by atoms with E-state index in [1.807, 2.05) is 18.2 Å². The monoisotopic (exact) mass is 286 g/mol. The van der Waals surface area contributed by atoms with Crippen LogP contribution in [0.15, 0.2) is 41.7 Å². The number of nitrogens with zero attached hydrogens (tertiary/aromatic N) is 4. The maximum atomic E-state index is 4.22. The molecule has 1 aromatic heterocycles. The lowest BCUT2D eigenvalue weighted by Gasteiger charge is -2.12. The first-order valence-corrected chi connectivity index (χ1v) is 7.18. The van der Waals surface area contributed by atoms with Gasteiger partial charge in [-0.3, -0.25) is 4.99 Å². The summed E-state index contributed by atoms with van der Waals surface area (Å²) in [5, 5.41) is 14.6. The molecule has 6 nitrogen and oxygen atoms in total. The molecular weight excluding hydrogens is 264 g/mol. The van der Waals surface area contributed by atoms with Gasteiger partial charge in [-0.25, -0.2) is 0 Å². The van der Waals surface area contributed by atoms with Crippen LogP contribution in [0.2, 0.25) is 0 Å². The standard InChI is InChI=1S/C15H22N6/c1-3-14-20-19-12-21(14)10-9-17-15(16-2)18-11-13-7-5-4-6-8-13/h4-8,12H,3,9-11H2,1-2H3,(H2,16,17,18). The second kappa shape index (κ2) is 8.04. The van der Waals surface area contributed by atoms with Gasteiger partial charge in [0, 0.05) is 33.1 Å². The van der Waals surface area contributed by atoms with Gasteiger partial charge in [0.05, 0.1) is 0 Å². The largest absolute Gasteiger partial charge is 0.355 e. The summed E-state index contributed by atoms with van der Waals surface area (Å²) in [6, 6.07) is 10.3. The first-order valence-electron chi connectivity index (χ1n) is 7.18. The van der Waals surface area contributed by atoms with Crippen LogP contribution < -0.4 is 10.6 Å². The van der Waals surface area contributed by atoms with Gasteiger partial charge in [0.25, 0.3) is 0 Å². The van der Waals surface area contributed by atoms with Crippen LogP contribution >= 0.6 is 0 Å². The zero-order valence-electron chi connectivity index (χ0n) is 12.6. The number of hydrogen-bond donors (Lipinski definition) is 2. The van der Waals surface area contributed by atoms with Crippen molar-refractivity contribution in [3.8, 4) is 0 Å². The summed E-state index contributed by atoms with van der Waals surface area (Å²) >= 11 is 0. The van der Waals surface area contributed by atoms with E-state index in [0.717, 1.165) is 37.8 Å². The highest BCUT2D eigenvalue weighted by molar-refractivity contribution is 5.79. The zero-order chi connectivity index (χ0) is 14.9. The van der Waals surface area contributed by atoms with Crippen molar-refractivity contribution in [2.75, 3.05) is 13.6 Å². The average molecular weight is 286 g/mol. The van der Waals surface area contributed by atoms with Gasteiger partial charge in [-0.2, -0.15) is 0 Å². The van der Waals surface area contributed by atoms with Crippen LogP contribution in [0, 0.1) is 0 Å². The molecule has 0 bridgehead atoms. The molecule has 0 unspecified atom stereocenters. The van der Waals surface area contributed by atoms with E-state index < -0.39 is 0 Å². The SMILES string of the molecule is CCc1nncn1CCNC(=NC)NCc1ccccc1. The van der Waals surface area contributed by atoms with Gasteiger partial charge >= 0.3 is 0 Å². The van der Waals surface area contributed by atoms with E-state index in [2.05, 4.69) is 49.4 Å². The van der Waals surface area contributed by atoms with Gasteiger partial charge in [0.2, 0.25) is 0 Å². The van der Waals surface area contributed by atoms with Gasteiger partial charge in [-0.1, -0.05) is 37.3 Å². The van der Waals surface area contributed by atoms with E-state index in [4.69, 9.17) is 0 Å². The molecule has 112 valence electrons. The number of rotatable bonds is 6. The van der Waals surface area contributed by atoms with E-state index in [0.29, 0.717) is 0 Å². The highest BCUT2D eigenvalue weighted by atomic mass is 15.3. The molecule has 0 aliphatic carbocycles. The quantitative estimate of drug-likeness (QED) is 0.618. The number of aliphatic imine (C=N–C) groups is 1. The summed E-state index contributed by atoms with van der Waals surface area (Å²) in [5.41, 5.74) is 1.23. The molecule has 0 radical (unpaired) electrons. The fourth-order valence-corrected chi connectivity index (χ4v) is 2.04. The second-order valence-electron chi connectivity index (χ2n) is 4.63. The van der Waals surface area contributed by atoms with Gasteiger partial charge < -0.3 is 15.2 Å². The Balaban J connectivity index is 1.75. The molecule has 2 aromatic rings. The second-order valence-corrected chi connectivity index (χ2v) is 4.63. The van der Waals surface area contributed by atoms with Crippen molar-refractivity contribution in [3.05, 3.63) is 48.0 Å². The third kappa shape index (κ3) is 4.59. The Kier molecular flexibility index (Phi) is 5.75. The lowest BCUT2D eigenvalue weighted by atomic mass is 10.2. The molecule has 0 fully saturated rings. The molecule has 1 heterocycles. The lowest BCUT2D eigenvalue weighted by Crippen LogP contribution is -2.38. The average Bonchev–Trinajstić information content (AvgIpc) is 2.99. The van der Waals surface area contributed by atoms with Crippen LogP contribution in [0.3, 0.4) is 0 Å². The third-order valence-corrected chi connectivity index (χ3v) is 3.18. The molecular formula is C15H22N6. The minimum Gasteiger partial charge on any atom is -0.355 e. The fraction of sp³-hybridized carbons (Fsp3) is 0.400. The highest BCUT2D eigenvalue weighted by Crippen LogP contribution is 1.97. The number of aromatic nitrogens is 3. The van der Waals surface area contributed by atoms with Gasteiger partial charge in [0.15, 0.2) is 5.96 Å². The summed E-state index contributed by atoms with van der Waals surface area (Å²) in [4.78, 5) is 4.22. The van der Waals surface area contributed by atoms with Gasteiger partial charge in [-0.15, -0.1) is 10.2 Å². The van der Waals surface area contributed by atoms with Crippen molar-refractivity contribution < 1.29 is 0 Å². The summed E-state index contributed by atoms with van der Waals surface area (Å²) in [6.07, 6.45) is 2.65. The molecule has 0 amide bonds. The fourth-order valence-electron chi connectivity index (χ4n) is 2.04.